The lowest BCUT2D eigenvalue weighted by atomic mass is 10.2. The molecular weight excluding hydrogens is 272 g/mol. The van der Waals surface area contributed by atoms with Gasteiger partial charge in [-0.05, 0) is 12.1 Å². The van der Waals surface area contributed by atoms with Gasteiger partial charge in [-0.25, -0.2) is 4.98 Å². The van der Waals surface area contributed by atoms with Crippen LogP contribution in [0.1, 0.15) is 11.4 Å². The van der Waals surface area contributed by atoms with Gasteiger partial charge in [0.25, 0.3) is 0 Å². The van der Waals surface area contributed by atoms with Gasteiger partial charge in [-0.15, -0.1) is 0 Å². The summed E-state index contributed by atoms with van der Waals surface area (Å²) in [5.41, 5.74) is 6.17. The molecule has 0 aliphatic carbocycles. The molecule has 2 N–H and O–H groups in total. The fraction of sp³-hybridized carbons (Fsp3) is 0.182. The molecule has 94 valence electrons. The van der Waals surface area contributed by atoms with Crippen molar-refractivity contribution in [2.45, 2.75) is 6.61 Å². The summed E-state index contributed by atoms with van der Waals surface area (Å²) >= 11 is 11.0. The third kappa shape index (κ3) is 2.60. The molecule has 0 unspecified atom stereocenters. The summed E-state index contributed by atoms with van der Waals surface area (Å²) in [6.45, 7) is 0.270. The number of nitrogens with two attached hydrogens (primary N) is 1. The number of hydrogen-bond acceptors (Lipinski definition) is 4. The highest BCUT2D eigenvalue weighted by atomic mass is 35.5. The topological polar surface area (TPSA) is 66.0 Å². The molecule has 2 rings (SSSR count). The quantitative estimate of drug-likeness (QED) is 0.865. The Morgan fingerprint density at radius 1 is 1.56 bits per heavy atom. The van der Waals surface area contributed by atoms with E-state index in [1.165, 1.54) is 6.33 Å². The van der Waals surface area contributed by atoms with E-state index in [0.717, 1.165) is 0 Å². The van der Waals surface area contributed by atoms with E-state index in [9.17, 15) is 0 Å². The molecule has 0 amide bonds. The van der Waals surface area contributed by atoms with E-state index in [2.05, 4.69) is 10.1 Å². The number of ether oxygens (including phenoxy) is 1. The van der Waals surface area contributed by atoms with Gasteiger partial charge >= 0.3 is 0 Å². The van der Waals surface area contributed by atoms with Crippen LogP contribution in [0.4, 0.5) is 0 Å². The second-order valence-corrected chi connectivity index (χ2v) is 4.41. The lowest BCUT2D eigenvalue weighted by molar-refractivity contribution is 0.289. The first kappa shape index (κ1) is 12.8. The van der Waals surface area contributed by atoms with Gasteiger partial charge in [0.1, 0.15) is 23.7 Å². The summed E-state index contributed by atoms with van der Waals surface area (Å²) in [6.07, 6.45) is 1.46. The van der Waals surface area contributed by atoms with Crippen molar-refractivity contribution in [1.29, 1.82) is 0 Å². The molecule has 1 aromatic carbocycles. The number of benzene rings is 1. The number of aryl methyl sites for hydroxylation is 1. The van der Waals surface area contributed by atoms with Gasteiger partial charge in [-0.1, -0.05) is 29.9 Å². The number of nitrogens with zero attached hydrogens (tertiary/aromatic N) is 3. The predicted octanol–water partition coefficient (Wildman–Crippen LogP) is 1.68. The molecule has 0 aliphatic rings. The van der Waals surface area contributed by atoms with Gasteiger partial charge in [0.15, 0.2) is 5.82 Å². The normalized spacial score (nSPS) is 10.3. The monoisotopic (exact) mass is 282 g/mol. The molecule has 2 aromatic rings. The van der Waals surface area contributed by atoms with Crippen molar-refractivity contribution in [1.82, 2.24) is 14.8 Å². The number of aromatic nitrogens is 3. The molecule has 0 bridgehead atoms. The highest BCUT2D eigenvalue weighted by Crippen LogP contribution is 2.26. The molecule has 7 heteroatoms. The Balaban J connectivity index is 2.22. The highest BCUT2D eigenvalue weighted by Gasteiger charge is 2.12. The van der Waals surface area contributed by atoms with Crippen LogP contribution in [-0.4, -0.2) is 19.8 Å². The van der Waals surface area contributed by atoms with Crippen molar-refractivity contribution in [2.75, 3.05) is 0 Å². The van der Waals surface area contributed by atoms with E-state index >= 15 is 0 Å². The van der Waals surface area contributed by atoms with Crippen LogP contribution in [0.2, 0.25) is 5.02 Å². The molecule has 0 spiro atoms. The van der Waals surface area contributed by atoms with Gasteiger partial charge in [0.05, 0.1) is 10.6 Å². The van der Waals surface area contributed by atoms with Crippen LogP contribution < -0.4 is 10.5 Å². The van der Waals surface area contributed by atoms with E-state index in [-0.39, 0.29) is 11.6 Å². The standard InChI is InChI=1S/C11H11ClN4OS/c1-16-9(14-6-15-16)5-17-8-4-2-3-7(12)10(8)11(13)18/h2-4,6H,5H2,1H3,(H2,13,18). The average molecular weight is 283 g/mol. The Morgan fingerprint density at radius 3 is 2.94 bits per heavy atom. The first-order chi connectivity index (χ1) is 8.59. The van der Waals surface area contributed by atoms with Crippen molar-refractivity contribution in [3.63, 3.8) is 0 Å². The minimum absolute atomic E-state index is 0.202. The van der Waals surface area contributed by atoms with Crippen LogP contribution >= 0.6 is 23.8 Å². The Morgan fingerprint density at radius 2 is 2.33 bits per heavy atom. The van der Waals surface area contributed by atoms with Gasteiger partial charge in [-0.3, -0.25) is 4.68 Å². The van der Waals surface area contributed by atoms with Crippen LogP contribution in [0, 0.1) is 0 Å². The molecule has 1 heterocycles. The third-order valence-electron chi connectivity index (χ3n) is 2.38. The summed E-state index contributed by atoms with van der Waals surface area (Å²) in [4.78, 5) is 4.26. The van der Waals surface area contributed by atoms with Crippen molar-refractivity contribution in [3.05, 3.63) is 40.9 Å². The third-order valence-corrected chi connectivity index (χ3v) is 2.90. The van der Waals surface area contributed by atoms with E-state index in [1.54, 1.807) is 29.9 Å². The molecular formula is C11H11ClN4OS. The summed E-state index contributed by atoms with van der Waals surface area (Å²) in [5, 5.41) is 4.42. The van der Waals surface area contributed by atoms with E-state index in [4.69, 9.17) is 34.3 Å². The second-order valence-electron chi connectivity index (χ2n) is 3.57. The number of thiocarbonyl (C=S) groups is 1. The minimum atomic E-state index is 0.202. The van der Waals surface area contributed by atoms with Crippen molar-refractivity contribution in [3.8, 4) is 5.75 Å². The Bertz CT molecular complexity index is 584. The highest BCUT2D eigenvalue weighted by molar-refractivity contribution is 7.80. The van der Waals surface area contributed by atoms with Gasteiger partial charge in [-0.2, -0.15) is 5.10 Å². The summed E-state index contributed by atoms with van der Waals surface area (Å²) in [6, 6.07) is 5.25. The van der Waals surface area contributed by atoms with Crippen LogP contribution in [0.3, 0.4) is 0 Å². The lowest BCUT2D eigenvalue weighted by Gasteiger charge is -2.11. The molecule has 0 atom stereocenters. The molecule has 0 aliphatic heterocycles. The Kier molecular flexibility index (Phi) is 3.78. The lowest BCUT2D eigenvalue weighted by Crippen LogP contribution is -2.13. The van der Waals surface area contributed by atoms with Crippen LogP contribution in [0.25, 0.3) is 0 Å². The number of hydrogen-bond donors (Lipinski definition) is 1. The molecule has 5 nitrogen and oxygen atoms in total. The minimum Gasteiger partial charge on any atom is -0.485 e. The Labute approximate surface area is 115 Å². The maximum atomic E-state index is 6.04. The zero-order valence-electron chi connectivity index (χ0n) is 9.63. The molecule has 1 aromatic heterocycles. The fourth-order valence-electron chi connectivity index (χ4n) is 1.46. The number of rotatable bonds is 4. The predicted molar refractivity (Wildman–Crippen MR) is 72.7 cm³/mol. The number of halogens is 1. The maximum Gasteiger partial charge on any atom is 0.164 e. The zero-order chi connectivity index (χ0) is 13.1. The van der Waals surface area contributed by atoms with Gasteiger partial charge in [0.2, 0.25) is 0 Å². The molecule has 0 saturated heterocycles. The first-order valence-corrected chi connectivity index (χ1v) is 5.92. The second kappa shape index (κ2) is 5.32. The van der Waals surface area contributed by atoms with Gasteiger partial charge < -0.3 is 10.5 Å². The summed E-state index contributed by atoms with van der Waals surface area (Å²) in [7, 11) is 1.79. The SMILES string of the molecule is Cn1ncnc1COc1cccc(Cl)c1C(N)=S. The van der Waals surface area contributed by atoms with Gasteiger partial charge in [0, 0.05) is 7.05 Å². The zero-order valence-corrected chi connectivity index (χ0v) is 11.2. The maximum absolute atomic E-state index is 6.04. The molecule has 0 radical (unpaired) electrons. The smallest absolute Gasteiger partial charge is 0.164 e. The van der Waals surface area contributed by atoms with Crippen molar-refractivity contribution < 1.29 is 4.74 Å². The average Bonchev–Trinajstić information content (AvgIpc) is 2.71. The van der Waals surface area contributed by atoms with E-state index < -0.39 is 0 Å². The van der Waals surface area contributed by atoms with Crippen LogP contribution in [0.15, 0.2) is 24.5 Å². The molecule has 18 heavy (non-hydrogen) atoms. The van der Waals surface area contributed by atoms with Crippen molar-refractivity contribution >= 4 is 28.8 Å². The van der Waals surface area contributed by atoms with Crippen LogP contribution in [-0.2, 0) is 13.7 Å². The van der Waals surface area contributed by atoms with E-state index in [1.807, 2.05) is 0 Å². The molecule has 0 fully saturated rings. The fourth-order valence-corrected chi connectivity index (χ4v) is 1.99. The Hall–Kier alpha value is -1.66. The van der Waals surface area contributed by atoms with E-state index in [0.29, 0.717) is 22.2 Å². The summed E-state index contributed by atoms with van der Waals surface area (Å²) in [5.74, 6) is 1.24. The van der Waals surface area contributed by atoms with Crippen molar-refractivity contribution in [2.24, 2.45) is 12.8 Å². The first-order valence-electron chi connectivity index (χ1n) is 5.13. The molecule has 0 saturated carbocycles. The van der Waals surface area contributed by atoms with Crippen LogP contribution in [0.5, 0.6) is 5.75 Å². The summed E-state index contributed by atoms with van der Waals surface area (Å²) < 4.78 is 7.26. The largest absolute Gasteiger partial charge is 0.485 e.